The quantitative estimate of drug-likeness (QED) is 0.717. The SMILES string of the molecule is Cc1cc2c(o1)c(Cl)cc1oc(C)c(C(=O)O)c12. The Morgan fingerprint density at radius 1 is 1.28 bits per heavy atom. The van der Waals surface area contributed by atoms with E-state index < -0.39 is 5.97 Å². The third-order valence-corrected chi connectivity index (χ3v) is 3.21. The molecule has 3 rings (SSSR count). The van der Waals surface area contributed by atoms with E-state index in [2.05, 4.69) is 0 Å². The predicted octanol–water partition coefficient (Wildman–Crippen LogP) is 4.15. The van der Waals surface area contributed by atoms with E-state index in [1.165, 1.54) is 0 Å². The molecule has 2 aromatic heterocycles. The zero-order valence-corrected chi connectivity index (χ0v) is 10.5. The monoisotopic (exact) mass is 264 g/mol. The van der Waals surface area contributed by atoms with Gasteiger partial charge in [-0.25, -0.2) is 4.79 Å². The van der Waals surface area contributed by atoms with E-state index in [0.29, 0.717) is 38.5 Å². The van der Waals surface area contributed by atoms with Crippen LogP contribution in [-0.2, 0) is 0 Å². The van der Waals surface area contributed by atoms with Gasteiger partial charge in [0.25, 0.3) is 0 Å². The zero-order chi connectivity index (χ0) is 13.0. The van der Waals surface area contributed by atoms with Gasteiger partial charge < -0.3 is 13.9 Å². The van der Waals surface area contributed by atoms with Gasteiger partial charge in [-0.2, -0.15) is 0 Å². The van der Waals surface area contributed by atoms with E-state index >= 15 is 0 Å². The van der Waals surface area contributed by atoms with Gasteiger partial charge in [0, 0.05) is 16.8 Å². The van der Waals surface area contributed by atoms with Crippen LogP contribution in [0.5, 0.6) is 0 Å². The Morgan fingerprint density at radius 2 is 2.00 bits per heavy atom. The van der Waals surface area contributed by atoms with Gasteiger partial charge in [0.1, 0.15) is 22.7 Å². The Morgan fingerprint density at radius 3 is 2.67 bits per heavy atom. The summed E-state index contributed by atoms with van der Waals surface area (Å²) in [5, 5.41) is 10.9. The van der Waals surface area contributed by atoms with Gasteiger partial charge >= 0.3 is 5.97 Å². The van der Waals surface area contributed by atoms with Crippen LogP contribution in [0.1, 0.15) is 21.9 Å². The van der Waals surface area contributed by atoms with Crippen molar-refractivity contribution in [2.24, 2.45) is 0 Å². The van der Waals surface area contributed by atoms with Gasteiger partial charge in [-0.15, -0.1) is 0 Å². The van der Waals surface area contributed by atoms with Gasteiger partial charge in [0.05, 0.1) is 5.02 Å². The number of carboxylic acid groups (broad SMARTS) is 1. The Labute approximate surface area is 107 Å². The minimum absolute atomic E-state index is 0.160. The van der Waals surface area contributed by atoms with Crippen LogP contribution in [-0.4, -0.2) is 11.1 Å². The molecular formula is C13H9ClO4. The number of hydrogen-bond donors (Lipinski definition) is 1. The Hall–Kier alpha value is -1.94. The molecular weight excluding hydrogens is 256 g/mol. The van der Waals surface area contributed by atoms with E-state index in [9.17, 15) is 9.90 Å². The van der Waals surface area contributed by atoms with Crippen molar-refractivity contribution in [3.63, 3.8) is 0 Å². The molecule has 0 bridgehead atoms. The molecule has 3 aromatic rings. The highest BCUT2D eigenvalue weighted by Crippen LogP contribution is 2.38. The molecule has 0 aliphatic heterocycles. The van der Waals surface area contributed by atoms with Crippen molar-refractivity contribution < 1.29 is 18.7 Å². The third kappa shape index (κ3) is 1.36. The molecule has 92 valence electrons. The first-order valence-electron chi connectivity index (χ1n) is 5.34. The van der Waals surface area contributed by atoms with Gasteiger partial charge in [0.2, 0.25) is 0 Å². The molecule has 0 aliphatic rings. The molecule has 0 spiro atoms. The molecule has 2 heterocycles. The fourth-order valence-corrected chi connectivity index (χ4v) is 2.49. The molecule has 0 radical (unpaired) electrons. The summed E-state index contributed by atoms with van der Waals surface area (Å²) in [5.41, 5.74) is 1.11. The number of carbonyl (C=O) groups is 1. The molecule has 0 fully saturated rings. The number of hydrogen-bond acceptors (Lipinski definition) is 3. The molecule has 1 aromatic carbocycles. The number of aromatic carboxylic acids is 1. The number of halogens is 1. The van der Waals surface area contributed by atoms with Crippen LogP contribution in [0, 0.1) is 13.8 Å². The summed E-state index contributed by atoms with van der Waals surface area (Å²) in [4.78, 5) is 11.3. The van der Waals surface area contributed by atoms with Crippen molar-refractivity contribution in [2.45, 2.75) is 13.8 Å². The fourth-order valence-electron chi connectivity index (χ4n) is 2.25. The van der Waals surface area contributed by atoms with E-state index in [0.717, 1.165) is 0 Å². The Balaban J connectivity index is 2.62. The number of rotatable bonds is 1. The number of fused-ring (bicyclic) bond motifs is 3. The molecule has 0 saturated heterocycles. The molecule has 0 saturated carbocycles. The number of carboxylic acids is 1. The molecule has 0 aliphatic carbocycles. The lowest BCUT2D eigenvalue weighted by Crippen LogP contribution is -1.96. The first-order chi connectivity index (χ1) is 8.49. The maximum absolute atomic E-state index is 11.3. The number of aryl methyl sites for hydroxylation is 2. The maximum atomic E-state index is 11.3. The number of furan rings is 2. The second-order valence-corrected chi connectivity index (χ2v) is 4.58. The summed E-state index contributed by atoms with van der Waals surface area (Å²) in [5.74, 6) is 0.0169. The molecule has 0 unspecified atom stereocenters. The van der Waals surface area contributed by atoms with Crippen LogP contribution in [0.25, 0.3) is 21.9 Å². The molecule has 1 N–H and O–H groups in total. The van der Waals surface area contributed by atoms with Gasteiger partial charge in [-0.3, -0.25) is 0 Å². The van der Waals surface area contributed by atoms with Crippen molar-refractivity contribution in [3.8, 4) is 0 Å². The maximum Gasteiger partial charge on any atom is 0.339 e. The molecule has 5 heteroatoms. The first-order valence-corrected chi connectivity index (χ1v) is 5.72. The summed E-state index contributed by atoms with van der Waals surface area (Å²) in [7, 11) is 0. The normalized spacial score (nSPS) is 11.5. The minimum Gasteiger partial charge on any atom is -0.478 e. The molecule has 4 nitrogen and oxygen atoms in total. The third-order valence-electron chi connectivity index (χ3n) is 2.92. The summed E-state index contributed by atoms with van der Waals surface area (Å²) < 4.78 is 10.9. The van der Waals surface area contributed by atoms with Crippen molar-refractivity contribution >= 4 is 39.5 Å². The van der Waals surface area contributed by atoms with Gasteiger partial charge in [-0.05, 0) is 19.9 Å². The van der Waals surface area contributed by atoms with Crippen molar-refractivity contribution in [1.29, 1.82) is 0 Å². The minimum atomic E-state index is -1.02. The largest absolute Gasteiger partial charge is 0.478 e. The van der Waals surface area contributed by atoms with E-state index in [1.807, 2.05) is 0 Å². The highest BCUT2D eigenvalue weighted by molar-refractivity contribution is 6.37. The van der Waals surface area contributed by atoms with Gasteiger partial charge in [-0.1, -0.05) is 11.6 Å². The summed E-state index contributed by atoms with van der Waals surface area (Å²) in [6.45, 7) is 3.41. The average Bonchev–Trinajstić information content (AvgIpc) is 2.78. The zero-order valence-electron chi connectivity index (χ0n) is 9.70. The van der Waals surface area contributed by atoms with E-state index in [4.69, 9.17) is 20.4 Å². The highest BCUT2D eigenvalue weighted by atomic mass is 35.5. The van der Waals surface area contributed by atoms with Crippen molar-refractivity contribution in [3.05, 3.63) is 34.2 Å². The lowest BCUT2D eigenvalue weighted by Gasteiger charge is -1.96. The fraction of sp³-hybridized carbons (Fsp3) is 0.154. The average molecular weight is 265 g/mol. The van der Waals surface area contributed by atoms with Crippen LogP contribution in [0.2, 0.25) is 5.02 Å². The highest BCUT2D eigenvalue weighted by Gasteiger charge is 2.22. The van der Waals surface area contributed by atoms with Crippen LogP contribution in [0.3, 0.4) is 0 Å². The first kappa shape index (κ1) is 11.2. The summed E-state index contributed by atoms with van der Waals surface area (Å²) in [6, 6.07) is 3.35. The lowest BCUT2D eigenvalue weighted by molar-refractivity contribution is 0.0697. The summed E-state index contributed by atoms with van der Waals surface area (Å²) >= 11 is 6.09. The smallest absolute Gasteiger partial charge is 0.339 e. The Kier molecular flexibility index (Phi) is 2.19. The topological polar surface area (TPSA) is 63.6 Å². The van der Waals surface area contributed by atoms with Crippen LogP contribution >= 0.6 is 11.6 Å². The summed E-state index contributed by atoms with van der Waals surface area (Å²) in [6.07, 6.45) is 0. The standard InChI is InChI=1S/C13H9ClO4/c1-5-3-7-11-9(4-8(14)12(7)17-5)18-6(2)10(11)13(15)16/h3-4H,1-2H3,(H,15,16). The van der Waals surface area contributed by atoms with Crippen molar-refractivity contribution in [1.82, 2.24) is 0 Å². The van der Waals surface area contributed by atoms with Crippen LogP contribution < -0.4 is 0 Å². The second kappa shape index (κ2) is 3.53. The van der Waals surface area contributed by atoms with E-state index in [-0.39, 0.29) is 5.56 Å². The lowest BCUT2D eigenvalue weighted by atomic mass is 10.1. The van der Waals surface area contributed by atoms with Crippen molar-refractivity contribution in [2.75, 3.05) is 0 Å². The molecule has 0 atom stereocenters. The van der Waals surface area contributed by atoms with Crippen LogP contribution in [0.4, 0.5) is 0 Å². The Bertz CT molecular complexity index is 794. The van der Waals surface area contributed by atoms with Gasteiger partial charge in [0.15, 0.2) is 5.58 Å². The molecule has 18 heavy (non-hydrogen) atoms. The van der Waals surface area contributed by atoms with E-state index in [1.54, 1.807) is 26.0 Å². The van der Waals surface area contributed by atoms with Crippen LogP contribution in [0.15, 0.2) is 21.0 Å². The predicted molar refractivity (Wildman–Crippen MR) is 67.4 cm³/mol. The second-order valence-electron chi connectivity index (χ2n) is 4.17. The number of benzene rings is 1. The molecule has 0 amide bonds.